The first-order valence-electron chi connectivity index (χ1n) is 8.34. The third-order valence-corrected chi connectivity index (χ3v) is 5.02. The minimum Gasteiger partial charge on any atom is -0.378 e. The van der Waals surface area contributed by atoms with Crippen LogP contribution >= 0.6 is 11.8 Å². The van der Waals surface area contributed by atoms with Crippen LogP contribution in [0.15, 0.2) is 23.4 Å². The lowest BCUT2D eigenvalue weighted by molar-refractivity contribution is -0.141. The van der Waals surface area contributed by atoms with Crippen LogP contribution in [0.4, 0.5) is 19.1 Å². The van der Waals surface area contributed by atoms with Gasteiger partial charge in [-0.15, -0.1) is 10.2 Å². The molecule has 0 radical (unpaired) electrons. The van der Waals surface area contributed by atoms with Crippen molar-refractivity contribution >= 4 is 17.7 Å². The van der Waals surface area contributed by atoms with E-state index in [0.29, 0.717) is 32.1 Å². The molecule has 1 aliphatic heterocycles. The van der Waals surface area contributed by atoms with E-state index in [1.165, 1.54) is 16.3 Å². The van der Waals surface area contributed by atoms with Crippen LogP contribution in [0.2, 0.25) is 0 Å². The van der Waals surface area contributed by atoms with E-state index in [1.807, 2.05) is 26.0 Å². The highest BCUT2D eigenvalue weighted by Crippen LogP contribution is 2.29. The Morgan fingerprint density at radius 1 is 1.08 bits per heavy atom. The van der Waals surface area contributed by atoms with E-state index in [4.69, 9.17) is 4.74 Å². The first-order chi connectivity index (χ1) is 12.3. The quantitative estimate of drug-likeness (QED) is 0.735. The Kier molecular flexibility index (Phi) is 5.76. The van der Waals surface area contributed by atoms with Crippen LogP contribution in [-0.2, 0) is 17.0 Å². The molecule has 26 heavy (non-hydrogen) atoms. The lowest BCUT2D eigenvalue weighted by Gasteiger charge is -2.28. The molecule has 0 amide bonds. The van der Waals surface area contributed by atoms with E-state index in [-0.39, 0.29) is 11.1 Å². The summed E-state index contributed by atoms with van der Waals surface area (Å²) >= 11 is 1.27. The molecule has 2 aromatic rings. The third kappa shape index (κ3) is 4.91. The van der Waals surface area contributed by atoms with Gasteiger partial charge in [0.1, 0.15) is 6.54 Å². The Balaban J connectivity index is 1.82. The second kappa shape index (κ2) is 7.87. The van der Waals surface area contributed by atoms with Gasteiger partial charge in [-0.25, -0.2) is 0 Å². The van der Waals surface area contributed by atoms with Crippen molar-refractivity contribution < 1.29 is 17.9 Å². The number of nitrogens with zero attached hydrogens (tertiary/aromatic N) is 4. The molecule has 0 atom stereocenters. The fourth-order valence-electron chi connectivity index (χ4n) is 3.00. The molecular weight excluding hydrogens is 365 g/mol. The van der Waals surface area contributed by atoms with Gasteiger partial charge in [0.2, 0.25) is 5.95 Å². The van der Waals surface area contributed by atoms with Gasteiger partial charge in [-0.05, 0) is 19.4 Å². The number of morpholine rings is 1. The lowest BCUT2D eigenvalue weighted by Crippen LogP contribution is -2.38. The first kappa shape index (κ1) is 19.0. The molecule has 2 heterocycles. The summed E-state index contributed by atoms with van der Waals surface area (Å²) in [5, 5.41) is 8.34. The van der Waals surface area contributed by atoms with Gasteiger partial charge in [-0.1, -0.05) is 41.1 Å². The minimum absolute atomic E-state index is 0.258. The molecule has 3 rings (SSSR count). The van der Waals surface area contributed by atoms with Crippen LogP contribution < -0.4 is 4.90 Å². The van der Waals surface area contributed by atoms with Gasteiger partial charge in [0.15, 0.2) is 5.16 Å². The van der Waals surface area contributed by atoms with Gasteiger partial charge in [0, 0.05) is 18.8 Å². The van der Waals surface area contributed by atoms with E-state index in [2.05, 4.69) is 16.3 Å². The van der Waals surface area contributed by atoms with Crippen LogP contribution in [0.3, 0.4) is 0 Å². The van der Waals surface area contributed by atoms with E-state index in [9.17, 15) is 13.2 Å². The summed E-state index contributed by atoms with van der Waals surface area (Å²) < 4.78 is 45.7. The molecule has 142 valence electrons. The second-order valence-electron chi connectivity index (χ2n) is 6.37. The van der Waals surface area contributed by atoms with Crippen LogP contribution in [0.25, 0.3) is 0 Å². The monoisotopic (exact) mass is 386 g/mol. The van der Waals surface area contributed by atoms with Crippen LogP contribution in [0.1, 0.15) is 16.7 Å². The third-order valence-electron chi connectivity index (χ3n) is 3.98. The topological polar surface area (TPSA) is 43.2 Å². The number of hydrogen-bond donors (Lipinski definition) is 0. The Hall–Kier alpha value is -1.74. The predicted octanol–water partition coefficient (Wildman–Crippen LogP) is 3.59. The Morgan fingerprint density at radius 2 is 1.73 bits per heavy atom. The van der Waals surface area contributed by atoms with Gasteiger partial charge in [-0.2, -0.15) is 13.2 Å². The minimum atomic E-state index is -4.33. The van der Waals surface area contributed by atoms with Crippen molar-refractivity contribution in [1.29, 1.82) is 0 Å². The highest BCUT2D eigenvalue weighted by Gasteiger charge is 2.32. The zero-order valence-corrected chi connectivity index (χ0v) is 15.5. The number of rotatable bonds is 5. The summed E-state index contributed by atoms with van der Waals surface area (Å²) in [5.74, 6) is 0.801. The van der Waals surface area contributed by atoms with Gasteiger partial charge in [0.25, 0.3) is 0 Å². The van der Waals surface area contributed by atoms with Crippen molar-refractivity contribution in [2.75, 3.05) is 31.2 Å². The standard InChI is InChI=1S/C17H21F3N4OS/c1-12-7-13(2)9-14(8-12)10-26-16-22-21-15(23-3-5-25-6-4-23)24(16)11-17(18,19)20/h7-9H,3-6,10-11H2,1-2H3. The molecule has 0 saturated carbocycles. The van der Waals surface area contributed by atoms with Gasteiger partial charge in [0.05, 0.1) is 13.2 Å². The van der Waals surface area contributed by atoms with E-state index in [0.717, 1.165) is 16.7 Å². The molecule has 0 spiro atoms. The number of benzene rings is 1. The van der Waals surface area contributed by atoms with Crippen LogP contribution in [0.5, 0.6) is 0 Å². The molecule has 1 aliphatic rings. The second-order valence-corrected chi connectivity index (χ2v) is 7.31. The normalized spacial score (nSPS) is 15.5. The number of aryl methyl sites for hydroxylation is 2. The fourth-order valence-corrected chi connectivity index (χ4v) is 3.87. The molecule has 1 aromatic carbocycles. The summed E-state index contributed by atoms with van der Waals surface area (Å²) in [6.07, 6.45) is -4.33. The van der Waals surface area contributed by atoms with Crippen molar-refractivity contribution in [3.8, 4) is 0 Å². The van der Waals surface area contributed by atoms with Gasteiger partial charge in [-0.3, -0.25) is 4.57 Å². The summed E-state index contributed by atoms with van der Waals surface area (Å²) in [6, 6.07) is 6.14. The van der Waals surface area contributed by atoms with E-state index >= 15 is 0 Å². The molecule has 0 N–H and O–H groups in total. The molecule has 5 nitrogen and oxygen atoms in total. The Bertz CT molecular complexity index is 737. The number of anilines is 1. The average Bonchev–Trinajstić information content (AvgIpc) is 2.93. The highest BCUT2D eigenvalue weighted by atomic mass is 32.2. The molecule has 0 bridgehead atoms. The van der Waals surface area contributed by atoms with Crippen molar-refractivity contribution in [3.63, 3.8) is 0 Å². The summed E-state index contributed by atoms with van der Waals surface area (Å²) in [6.45, 7) is 4.89. The molecule has 1 fully saturated rings. The van der Waals surface area contributed by atoms with Crippen LogP contribution in [0, 0.1) is 13.8 Å². The number of ether oxygens (including phenoxy) is 1. The first-order valence-corrected chi connectivity index (χ1v) is 9.33. The van der Waals surface area contributed by atoms with Crippen LogP contribution in [-0.4, -0.2) is 47.2 Å². The highest BCUT2D eigenvalue weighted by molar-refractivity contribution is 7.98. The van der Waals surface area contributed by atoms with Gasteiger partial charge >= 0.3 is 6.18 Å². The summed E-state index contributed by atoms with van der Waals surface area (Å²) in [4.78, 5) is 1.79. The smallest absolute Gasteiger partial charge is 0.378 e. The maximum atomic E-state index is 13.1. The maximum Gasteiger partial charge on any atom is 0.406 e. The maximum absolute atomic E-state index is 13.1. The largest absolute Gasteiger partial charge is 0.406 e. The molecule has 0 aliphatic carbocycles. The molecule has 0 unspecified atom stereocenters. The number of hydrogen-bond acceptors (Lipinski definition) is 5. The lowest BCUT2D eigenvalue weighted by atomic mass is 10.1. The van der Waals surface area contributed by atoms with E-state index in [1.54, 1.807) is 4.90 Å². The average molecular weight is 386 g/mol. The van der Waals surface area contributed by atoms with Crippen molar-refractivity contribution in [3.05, 3.63) is 34.9 Å². The zero-order valence-electron chi connectivity index (χ0n) is 14.7. The van der Waals surface area contributed by atoms with Crippen molar-refractivity contribution in [2.24, 2.45) is 0 Å². The number of alkyl halides is 3. The summed E-state index contributed by atoms with van der Waals surface area (Å²) in [5.41, 5.74) is 3.32. The van der Waals surface area contributed by atoms with Crippen molar-refractivity contribution in [2.45, 2.75) is 37.5 Å². The van der Waals surface area contributed by atoms with E-state index < -0.39 is 12.7 Å². The predicted molar refractivity (Wildman–Crippen MR) is 94.6 cm³/mol. The zero-order chi connectivity index (χ0) is 18.7. The molecule has 1 aromatic heterocycles. The van der Waals surface area contributed by atoms with Crippen molar-refractivity contribution in [1.82, 2.24) is 14.8 Å². The van der Waals surface area contributed by atoms with Gasteiger partial charge < -0.3 is 9.64 Å². The summed E-state index contributed by atoms with van der Waals surface area (Å²) in [7, 11) is 0. The Morgan fingerprint density at radius 3 is 2.35 bits per heavy atom. The Labute approximate surface area is 154 Å². The molecule has 1 saturated heterocycles. The number of halogens is 3. The molecular formula is C17H21F3N4OS. The fraction of sp³-hybridized carbons (Fsp3) is 0.529. The molecule has 9 heteroatoms. The number of thioether (sulfide) groups is 1. The SMILES string of the molecule is Cc1cc(C)cc(CSc2nnc(N3CCOCC3)n2CC(F)(F)F)c1. The number of aromatic nitrogens is 3.